The van der Waals surface area contributed by atoms with Gasteiger partial charge >= 0.3 is 0 Å². The Morgan fingerprint density at radius 1 is 1.29 bits per heavy atom. The molecule has 1 unspecified atom stereocenters. The molecular formula is C13H13N3O. The van der Waals surface area contributed by atoms with Gasteiger partial charge in [0, 0.05) is 11.4 Å². The highest BCUT2D eigenvalue weighted by Gasteiger charge is 2.16. The Bertz CT molecular complexity index is 625. The van der Waals surface area contributed by atoms with Gasteiger partial charge in [0.2, 0.25) is 5.89 Å². The Morgan fingerprint density at radius 3 is 2.94 bits per heavy atom. The van der Waals surface area contributed by atoms with Crippen LogP contribution in [0.15, 0.2) is 46.5 Å². The number of rotatable bonds is 1. The van der Waals surface area contributed by atoms with Crippen LogP contribution in [0.25, 0.3) is 11.1 Å². The maximum Gasteiger partial charge on any atom is 0.202 e. The molecule has 0 radical (unpaired) electrons. The molecule has 3 rings (SSSR count). The lowest BCUT2D eigenvalue weighted by atomic mass is 10.00. The molecule has 1 heterocycles. The molecule has 0 aliphatic heterocycles. The van der Waals surface area contributed by atoms with Crippen molar-refractivity contribution in [3.63, 3.8) is 0 Å². The summed E-state index contributed by atoms with van der Waals surface area (Å²) in [6, 6.07) is 5.48. The van der Waals surface area contributed by atoms with Crippen LogP contribution >= 0.6 is 0 Å². The third kappa shape index (κ3) is 1.78. The summed E-state index contributed by atoms with van der Waals surface area (Å²) in [7, 11) is 0. The molecule has 1 aromatic heterocycles. The Kier molecular flexibility index (Phi) is 2.14. The van der Waals surface area contributed by atoms with E-state index in [-0.39, 0.29) is 5.92 Å². The third-order valence-electron chi connectivity index (χ3n) is 2.87. The maximum atomic E-state index is 5.71. The molecule has 0 bridgehead atoms. The van der Waals surface area contributed by atoms with Crippen molar-refractivity contribution < 1.29 is 4.42 Å². The predicted molar refractivity (Wildman–Crippen MR) is 67.2 cm³/mol. The quantitative estimate of drug-likeness (QED) is 0.733. The van der Waals surface area contributed by atoms with Gasteiger partial charge in [-0.3, -0.25) is 0 Å². The first-order chi connectivity index (χ1) is 8.22. The van der Waals surface area contributed by atoms with Crippen molar-refractivity contribution in [1.29, 1.82) is 0 Å². The van der Waals surface area contributed by atoms with E-state index in [0.717, 1.165) is 23.2 Å². The van der Waals surface area contributed by atoms with Gasteiger partial charge < -0.3 is 15.9 Å². The van der Waals surface area contributed by atoms with E-state index in [1.54, 1.807) is 0 Å². The van der Waals surface area contributed by atoms with Gasteiger partial charge in [-0.1, -0.05) is 12.2 Å². The van der Waals surface area contributed by atoms with E-state index in [1.807, 2.05) is 36.4 Å². The number of allylic oxidation sites excluding steroid dienone is 3. The molecule has 17 heavy (non-hydrogen) atoms. The first kappa shape index (κ1) is 9.96. The summed E-state index contributed by atoms with van der Waals surface area (Å²) in [4.78, 5) is 4.45. The van der Waals surface area contributed by atoms with Gasteiger partial charge in [0.05, 0.1) is 5.92 Å². The molecule has 4 heteroatoms. The number of fused-ring (bicyclic) bond motifs is 1. The summed E-state index contributed by atoms with van der Waals surface area (Å²) in [6.45, 7) is 0. The minimum atomic E-state index is 0.163. The molecule has 4 N–H and O–H groups in total. The van der Waals surface area contributed by atoms with E-state index >= 15 is 0 Å². The molecule has 1 aromatic carbocycles. The van der Waals surface area contributed by atoms with Gasteiger partial charge in [0.25, 0.3) is 0 Å². The number of nitrogens with zero attached hydrogens (tertiary/aromatic N) is 1. The highest BCUT2D eigenvalue weighted by Crippen LogP contribution is 2.28. The van der Waals surface area contributed by atoms with Gasteiger partial charge in [-0.15, -0.1) is 0 Å². The van der Waals surface area contributed by atoms with Gasteiger partial charge in [0.1, 0.15) is 5.52 Å². The zero-order valence-electron chi connectivity index (χ0n) is 9.26. The molecule has 0 saturated carbocycles. The molecule has 1 aliphatic rings. The molecule has 0 amide bonds. The fraction of sp³-hybridized carbons (Fsp3) is 0.154. The van der Waals surface area contributed by atoms with Crippen molar-refractivity contribution >= 4 is 16.8 Å². The summed E-state index contributed by atoms with van der Waals surface area (Å²) in [5.74, 6) is 0.876. The lowest BCUT2D eigenvalue weighted by Gasteiger charge is -2.10. The predicted octanol–water partition coefficient (Wildman–Crippen LogP) is 2.30. The van der Waals surface area contributed by atoms with Crippen molar-refractivity contribution in [1.82, 2.24) is 4.98 Å². The molecular weight excluding hydrogens is 214 g/mol. The lowest BCUT2D eigenvalue weighted by Crippen LogP contribution is -2.03. The normalized spacial score (nSPS) is 19.5. The van der Waals surface area contributed by atoms with Crippen LogP contribution < -0.4 is 11.5 Å². The number of benzene rings is 1. The van der Waals surface area contributed by atoms with Crippen molar-refractivity contribution in [2.24, 2.45) is 5.73 Å². The molecule has 2 aromatic rings. The topological polar surface area (TPSA) is 78.1 Å². The smallest absolute Gasteiger partial charge is 0.202 e. The molecule has 0 saturated heterocycles. The van der Waals surface area contributed by atoms with E-state index in [0.29, 0.717) is 11.6 Å². The SMILES string of the molecule is NC1=CCC(c2nc3cc(N)ccc3o2)C=C1. The van der Waals surface area contributed by atoms with E-state index in [1.165, 1.54) is 0 Å². The Morgan fingerprint density at radius 2 is 2.18 bits per heavy atom. The molecule has 0 spiro atoms. The molecule has 4 nitrogen and oxygen atoms in total. The van der Waals surface area contributed by atoms with Crippen molar-refractivity contribution in [3.05, 3.63) is 48.0 Å². The van der Waals surface area contributed by atoms with Gasteiger partial charge in [-0.2, -0.15) is 0 Å². The number of aromatic nitrogens is 1. The average Bonchev–Trinajstić information content (AvgIpc) is 2.72. The third-order valence-corrected chi connectivity index (χ3v) is 2.87. The highest BCUT2D eigenvalue weighted by molar-refractivity contribution is 5.76. The second-order valence-corrected chi connectivity index (χ2v) is 4.18. The zero-order valence-corrected chi connectivity index (χ0v) is 9.26. The standard InChI is InChI=1S/C13H13N3O/c14-9-3-1-8(2-4-9)13-16-11-7-10(15)5-6-12(11)17-13/h1,3-8H,2,14-15H2. The van der Waals surface area contributed by atoms with Crippen LogP contribution in [-0.2, 0) is 0 Å². The molecule has 0 fully saturated rings. The van der Waals surface area contributed by atoms with E-state index in [4.69, 9.17) is 15.9 Å². The fourth-order valence-electron chi connectivity index (χ4n) is 1.94. The number of oxazole rings is 1. The number of nitrogen functional groups attached to an aromatic ring is 1. The van der Waals surface area contributed by atoms with Crippen molar-refractivity contribution in [3.8, 4) is 0 Å². The summed E-state index contributed by atoms with van der Waals surface area (Å²) in [5.41, 5.74) is 14.4. The van der Waals surface area contributed by atoms with Crippen LogP contribution in [0.5, 0.6) is 0 Å². The summed E-state index contributed by atoms with van der Waals surface area (Å²) >= 11 is 0. The molecule has 86 valence electrons. The minimum Gasteiger partial charge on any atom is -0.440 e. The first-order valence-corrected chi connectivity index (χ1v) is 5.52. The molecule has 1 atom stereocenters. The summed E-state index contributed by atoms with van der Waals surface area (Å²) in [6.07, 6.45) is 6.71. The van der Waals surface area contributed by atoms with Crippen LogP contribution in [-0.4, -0.2) is 4.98 Å². The van der Waals surface area contributed by atoms with Gasteiger partial charge in [0.15, 0.2) is 5.58 Å². The van der Waals surface area contributed by atoms with Crippen LogP contribution in [0.2, 0.25) is 0 Å². The first-order valence-electron chi connectivity index (χ1n) is 5.52. The second kappa shape index (κ2) is 3.66. The summed E-state index contributed by atoms with van der Waals surface area (Å²) in [5, 5.41) is 0. The van der Waals surface area contributed by atoms with E-state index in [2.05, 4.69) is 4.98 Å². The Labute approximate surface area is 98.6 Å². The number of hydrogen-bond donors (Lipinski definition) is 2. The number of hydrogen-bond acceptors (Lipinski definition) is 4. The Balaban J connectivity index is 1.99. The van der Waals surface area contributed by atoms with Gasteiger partial charge in [-0.05, 0) is 30.7 Å². The minimum absolute atomic E-state index is 0.163. The summed E-state index contributed by atoms with van der Waals surface area (Å²) < 4.78 is 5.71. The monoisotopic (exact) mass is 227 g/mol. The van der Waals surface area contributed by atoms with Crippen molar-refractivity contribution in [2.45, 2.75) is 12.3 Å². The highest BCUT2D eigenvalue weighted by atomic mass is 16.3. The van der Waals surface area contributed by atoms with E-state index in [9.17, 15) is 0 Å². The second-order valence-electron chi connectivity index (χ2n) is 4.18. The lowest BCUT2D eigenvalue weighted by molar-refractivity contribution is 0.504. The van der Waals surface area contributed by atoms with E-state index < -0.39 is 0 Å². The zero-order chi connectivity index (χ0) is 11.8. The fourth-order valence-corrected chi connectivity index (χ4v) is 1.94. The van der Waals surface area contributed by atoms with Crippen LogP contribution in [0, 0.1) is 0 Å². The Hall–Kier alpha value is -2.23. The maximum absolute atomic E-state index is 5.71. The van der Waals surface area contributed by atoms with Gasteiger partial charge in [-0.25, -0.2) is 4.98 Å². The van der Waals surface area contributed by atoms with Crippen LogP contribution in [0.3, 0.4) is 0 Å². The molecule has 1 aliphatic carbocycles. The van der Waals surface area contributed by atoms with Crippen LogP contribution in [0.1, 0.15) is 18.2 Å². The number of anilines is 1. The van der Waals surface area contributed by atoms with Crippen LogP contribution in [0.4, 0.5) is 5.69 Å². The van der Waals surface area contributed by atoms with Crippen molar-refractivity contribution in [2.75, 3.05) is 5.73 Å². The average molecular weight is 227 g/mol. The largest absolute Gasteiger partial charge is 0.440 e. The number of nitrogens with two attached hydrogens (primary N) is 2.